The number of aliphatic hydroxyl groups excluding tert-OH is 9. The Morgan fingerprint density at radius 1 is 0.676 bits per heavy atom. The van der Waals surface area contributed by atoms with Gasteiger partial charge in [0.05, 0.1) is 25.9 Å². The monoisotopic (exact) mass is 543 g/mol. The number of hydrogen-bond donors (Lipinski definition) is 10. The van der Waals surface area contributed by atoms with Crippen LogP contribution >= 0.6 is 0 Å². The molecule has 3 aliphatic rings. The van der Waals surface area contributed by atoms with Gasteiger partial charge >= 0.3 is 0 Å². The van der Waals surface area contributed by atoms with Crippen molar-refractivity contribution in [2.24, 2.45) is 0 Å². The van der Waals surface area contributed by atoms with Gasteiger partial charge in [0.1, 0.15) is 73.2 Å². The number of carbonyl (C=O) groups excluding carboxylic acids is 1. The highest BCUT2D eigenvalue weighted by atomic mass is 16.7. The van der Waals surface area contributed by atoms with Gasteiger partial charge in [0.2, 0.25) is 5.91 Å². The summed E-state index contributed by atoms with van der Waals surface area (Å²) in [5, 5.41) is 93.3. The molecule has 0 aromatic carbocycles. The third kappa shape index (κ3) is 6.39. The lowest BCUT2D eigenvalue weighted by molar-refractivity contribution is -0.359. The second-order valence-electron chi connectivity index (χ2n) is 9.38. The van der Waals surface area contributed by atoms with Crippen molar-refractivity contribution in [2.45, 2.75) is 106 Å². The first kappa shape index (κ1) is 30.5. The average molecular weight is 544 g/mol. The van der Waals surface area contributed by atoms with Crippen LogP contribution in [0.25, 0.3) is 0 Å². The number of nitrogens with one attached hydrogen (secondary N) is 1. The molecule has 3 rings (SSSR count). The topological polar surface area (TPSA) is 257 Å². The maximum absolute atomic E-state index is 11.9. The zero-order valence-electron chi connectivity index (χ0n) is 20.3. The number of rotatable bonds is 8. The van der Waals surface area contributed by atoms with Gasteiger partial charge in [0, 0.05) is 6.92 Å². The second kappa shape index (κ2) is 12.8. The van der Waals surface area contributed by atoms with Crippen molar-refractivity contribution in [3.05, 3.63) is 0 Å². The number of hydrogen-bond acceptors (Lipinski definition) is 15. The molecule has 3 aliphatic heterocycles. The fraction of sp³-hybridized carbons (Fsp3) is 0.952. The molecule has 0 aromatic heterocycles. The molecule has 0 aromatic rings. The minimum absolute atomic E-state index is 0.563. The van der Waals surface area contributed by atoms with Crippen LogP contribution in [0.2, 0.25) is 0 Å². The van der Waals surface area contributed by atoms with Gasteiger partial charge in [-0.3, -0.25) is 4.79 Å². The maximum Gasteiger partial charge on any atom is 0.217 e. The van der Waals surface area contributed by atoms with E-state index in [1.807, 2.05) is 0 Å². The molecule has 216 valence electrons. The summed E-state index contributed by atoms with van der Waals surface area (Å²) in [5.41, 5.74) is 0. The predicted octanol–water partition coefficient (Wildman–Crippen LogP) is -6.36. The Morgan fingerprint density at radius 2 is 1.19 bits per heavy atom. The zero-order chi connectivity index (χ0) is 27.6. The van der Waals surface area contributed by atoms with Crippen LogP contribution in [0.5, 0.6) is 0 Å². The molecule has 0 bridgehead atoms. The molecule has 3 fully saturated rings. The summed E-state index contributed by atoms with van der Waals surface area (Å²) in [6.45, 7) is 0.595. The van der Waals surface area contributed by atoms with Crippen molar-refractivity contribution in [3.63, 3.8) is 0 Å². The van der Waals surface area contributed by atoms with Gasteiger partial charge in [-0.05, 0) is 6.92 Å². The van der Waals surface area contributed by atoms with Gasteiger partial charge in [-0.25, -0.2) is 0 Å². The third-order valence-electron chi connectivity index (χ3n) is 6.75. The van der Waals surface area contributed by atoms with E-state index in [0.717, 1.165) is 6.92 Å². The van der Waals surface area contributed by atoms with Crippen LogP contribution in [0.15, 0.2) is 0 Å². The van der Waals surface area contributed by atoms with Crippen molar-refractivity contribution in [1.29, 1.82) is 0 Å². The van der Waals surface area contributed by atoms with Crippen LogP contribution in [0.1, 0.15) is 13.8 Å². The van der Waals surface area contributed by atoms with Crippen LogP contribution in [-0.2, 0) is 28.5 Å². The highest BCUT2D eigenvalue weighted by Gasteiger charge is 2.53. The smallest absolute Gasteiger partial charge is 0.217 e. The molecule has 0 spiro atoms. The number of aliphatic hydroxyl groups is 9. The van der Waals surface area contributed by atoms with E-state index in [4.69, 9.17) is 23.7 Å². The standard InChI is InChI=1S/C21H37NO15/c1-6-18(16(31)13(28)8(3-23)33-6)36-20-11(22-7(2)26)14(29)19(10(5-25)35-20)37-21-17(32)15(30)12(27)9(4-24)34-21/h6,8-21,23-25,27-32H,3-5H2,1-2H3,(H,22,26)/t6-,8?,9?,10+,11?,12?,13-,14?,15+,16+,17?,18?,19-,20+,21+/m1/s1. The van der Waals surface area contributed by atoms with Gasteiger partial charge in [0.25, 0.3) is 0 Å². The Hall–Kier alpha value is -1.09. The van der Waals surface area contributed by atoms with Crippen molar-refractivity contribution >= 4 is 5.91 Å². The second-order valence-corrected chi connectivity index (χ2v) is 9.38. The first-order valence-corrected chi connectivity index (χ1v) is 11.9. The number of carbonyl (C=O) groups is 1. The van der Waals surface area contributed by atoms with E-state index in [-0.39, 0.29) is 0 Å². The van der Waals surface area contributed by atoms with Crippen LogP contribution < -0.4 is 5.32 Å². The Morgan fingerprint density at radius 3 is 1.76 bits per heavy atom. The van der Waals surface area contributed by atoms with Gasteiger partial charge in [-0.2, -0.15) is 0 Å². The molecular weight excluding hydrogens is 506 g/mol. The lowest BCUT2D eigenvalue weighted by Crippen LogP contribution is -2.69. The summed E-state index contributed by atoms with van der Waals surface area (Å²) in [5.74, 6) is -0.621. The molecule has 16 heteroatoms. The molecule has 0 aliphatic carbocycles. The molecule has 0 radical (unpaired) electrons. The van der Waals surface area contributed by atoms with E-state index in [1.165, 1.54) is 6.92 Å². The molecule has 7 unspecified atom stereocenters. The minimum atomic E-state index is -1.81. The van der Waals surface area contributed by atoms with E-state index < -0.39 is 118 Å². The van der Waals surface area contributed by atoms with Gasteiger partial charge < -0.3 is 75.0 Å². The van der Waals surface area contributed by atoms with E-state index in [9.17, 15) is 50.8 Å². The molecule has 16 nitrogen and oxygen atoms in total. The lowest BCUT2D eigenvalue weighted by atomic mass is 9.93. The van der Waals surface area contributed by atoms with E-state index >= 15 is 0 Å². The van der Waals surface area contributed by atoms with Crippen molar-refractivity contribution in [1.82, 2.24) is 5.32 Å². The van der Waals surface area contributed by atoms with Crippen molar-refractivity contribution in [2.75, 3.05) is 19.8 Å². The fourth-order valence-electron chi connectivity index (χ4n) is 4.70. The quantitative estimate of drug-likeness (QED) is 0.137. The van der Waals surface area contributed by atoms with E-state index in [2.05, 4.69) is 5.32 Å². The third-order valence-corrected chi connectivity index (χ3v) is 6.75. The van der Waals surface area contributed by atoms with Gasteiger partial charge in [-0.15, -0.1) is 0 Å². The highest BCUT2D eigenvalue weighted by molar-refractivity contribution is 5.73. The van der Waals surface area contributed by atoms with Crippen LogP contribution in [0.3, 0.4) is 0 Å². The van der Waals surface area contributed by atoms with E-state index in [0.29, 0.717) is 0 Å². The fourth-order valence-corrected chi connectivity index (χ4v) is 4.70. The van der Waals surface area contributed by atoms with Gasteiger partial charge in [0.15, 0.2) is 12.6 Å². The molecule has 3 saturated heterocycles. The zero-order valence-corrected chi connectivity index (χ0v) is 20.3. The maximum atomic E-state index is 11.9. The molecule has 1 amide bonds. The van der Waals surface area contributed by atoms with Crippen molar-refractivity contribution < 1.29 is 74.4 Å². The van der Waals surface area contributed by atoms with Crippen LogP contribution in [0, 0.1) is 0 Å². The normalized spacial score (nSPS) is 49.0. The lowest BCUT2D eigenvalue weighted by Gasteiger charge is -2.49. The summed E-state index contributed by atoms with van der Waals surface area (Å²) in [7, 11) is 0. The Kier molecular flexibility index (Phi) is 10.6. The van der Waals surface area contributed by atoms with Crippen LogP contribution in [-0.4, -0.2) is 164 Å². The van der Waals surface area contributed by atoms with E-state index in [1.54, 1.807) is 0 Å². The average Bonchev–Trinajstić information content (AvgIpc) is 2.86. The molecule has 10 N–H and O–H groups in total. The Balaban J connectivity index is 1.81. The summed E-state index contributed by atoms with van der Waals surface area (Å²) >= 11 is 0. The number of ether oxygens (including phenoxy) is 5. The molecule has 3 heterocycles. The minimum Gasteiger partial charge on any atom is -0.394 e. The van der Waals surface area contributed by atoms with Gasteiger partial charge in [-0.1, -0.05) is 0 Å². The first-order valence-electron chi connectivity index (χ1n) is 11.9. The summed E-state index contributed by atoms with van der Waals surface area (Å²) in [6.07, 6.45) is -20.5. The molecule has 0 saturated carbocycles. The Bertz CT molecular complexity index is 745. The molecule has 15 atom stereocenters. The number of amides is 1. The summed E-state index contributed by atoms with van der Waals surface area (Å²) in [6, 6.07) is -1.37. The summed E-state index contributed by atoms with van der Waals surface area (Å²) < 4.78 is 27.9. The molecular formula is C21H37NO15. The largest absolute Gasteiger partial charge is 0.394 e. The SMILES string of the molecule is CC(=O)NC1C(O)[C@H](O[C@@H]2OC(CO)C(O)[C@H](O)C2O)[C@H](CO)O[C@H]1OC1[C@@H](O)[C@H](O)C(CO)O[C@@H]1C. The Labute approximate surface area is 211 Å². The van der Waals surface area contributed by atoms with Crippen molar-refractivity contribution in [3.8, 4) is 0 Å². The molecule has 37 heavy (non-hydrogen) atoms. The summed E-state index contributed by atoms with van der Waals surface area (Å²) in [4.78, 5) is 11.9. The van der Waals surface area contributed by atoms with Crippen LogP contribution in [0.4, 0.5) is 0 Å². The first-order chi connectivity index (χ1) is 17.4. The predicted molar refractivity (Wildman–Crippen MR) is 116 cm³/mol. The highest BCUT2D eigenvalue weighted by Crippen LogP contribution is 2.32.